The second-order valence-electron chi connectivity index (χ2n) is 5.73. The first-order valence-corrected chi connectivity index (χ1v) is 6.71. The van der Waals surface area contributed by atoms with Gasteiger partial charge in [0.05, 0.1) is 5.69 Å². The number of nitrogens with one attached hydrogen (secondary N) is 1. The number of rotatable bonds is 5. The number of aromatic hydroxyl groups is 1. The zero-order valence-corrected chi connectivity index (χ0v) is 12.5. The van der Waals surface area contributed by atoms with E-state index in [0.29, 0.717) is 12.8 Å². The maximum Gasteiger partial charge on any atom is 0.412 e. The zero-order valence-electron chi connectivity index (χ0n) is 12.5. The van der Waals surface area contributed by atoms with Gasteiger partial charge in [0, 0.05) is 6.42 Å². The Morgan fingerprint density at radius 2 is 1.95 bits per heavy atom. The summed E-state index contributed by atoms with van der Waals surface area (Å²) in [5, 5.41) is 20.9. The molecule has 1 aromatic carbocycles. The number of aryl methyl sites for hydroxylation is 1. The van der Waals surface area contributed by atoms with Crippen LogP contribution in [-0.4, -0.2) is 27.9 Å². The van der Waals surface area contributed by atoms with E-state index in [0.717, 1.165) is 5.56 Å². The van der Waals surface area contributed by atoms with Crippen LogP contribution < -0.4 is 5.32 Å². The molecule has 0 saturated heterocycles. The van der Waals surface area contributed by atoms with Crippen LogP contribution in [0.25, 0.3) is 0 Å². The topological polar surface area (TPSA) is 95.9 Å². The third-order valence-electron chi connectivity index (χ3n) is 2.55. The molecule has 0 bridgehead atoms. The average molecular weight is 295 g/mol. The Morgan fingerprint density at radius 1 is 1.29 bits per heavy atom. The summed E-state index contributed by atoms with van der Waals surface area (Å²) >= 11 is 0. The number of hydrogen-bond donors (Lipinski definition) is 3. The number of ether oxygens (including phenoxy) is 1. The lowest BCUT2D eigenvalue weighted by atomic mass is 10.1. The lowest BCUT2D eigenvalue weighted by Gasteiger charge is -2.20. The first kappa shape index (κ1) is 16.8. The first-order valence-electron chi connectivity index (χ1n) is 6.71. The monoisotopic (exact) mass is 295 g/mol. The molecular weight excluding hydrogens is 274 g/mol. The van der Waals surface area contributed by atoms with Crippen LogP contribution in [0.1, 0.15) is 39.2 Å². The molecule has 0 radical (unpaired) electrons. The predicted molar refractivity (Wildman–Crippen MR) is 78.5 cm³/mol. The molecule has 0 aliphatic heterocycles. The van der Waals surface area contributed by atoms with Crippen LogP contribution in [-0.2, 0) is 16.0 Å². The van der Waals surface area contributed by atoms with Crippen molar-refractivity contribution < 1.29 is 24.5 Å². The van der Waals surface area contributed by atoms with E-state index < -0.39 is 17.7 Å². The molecule has 0 spiro atoms. The van der Waals surface area contributed by atoms with E-state index >= 15 is 0 Å². The van der Waals surface area contributed by atoms with Crippen molar-refractivity contribution in [3.05, 3.63) is 23.8 Å². The Labute approximate surface area is 123 Å². The maximum absolute atomic E-state index is 11.6. The predicted octanol–water partition coefficient (Wildman–Crippen LogP) is 3.15. The van der Waals surface area contributed by atoms with Crippen molar-refractivity contribution in [2.24, 2.45) is 0 Å². The molecule has 6 nitrogen and oxygen atoms in total. The van der Waals surface area contributed by atoms with Gasteiger partial charge >= 0.3 is 12.1 Å². The number of carboxylic acid groups (broad SMARTS) is 1. The van der Waals surface area contributed by atoms with E-state index in [1.54, 1.807) is 32.9 Å². The van der Waals surface area contributed by atoms with Crippen molar-refractivity contribution >= 4 is 17.7 Å². The van der Waals surface area contributed by atoms with E-state index in [2.05, 4.69) is 5.32 Å². The third kappa shape index (κ3) is 6.65. The molecule has 21 heavy (non-hydrogen) atoms. The summed E-state index contributed by atoms with van der Waals surface area (Å²) in [4.78, 5) is 22.0. The van der Waals surface area contributed by atoms with Crippen molar-refractivity contribution in [2.75, 3.05) is 5.32 Å². The van der Waals surface area contributed by atoms with Gasteiger partial charge in [0.2, 0.25) is 0 Å². The minimum atomic E-state index is -0.845. The van der Waals surface area contributed by atoms with Gasteiger partial charge in [-0.05, 0) is 51.3 Å². The van der Waals surface area contributed by atoms with Crippen LogP contribution in [0.2, 0.25) is 0 Å². The van der Waals surface area contributed by atoms with Crippen LogP contribution in [0.4, 0.5) is 10.5 Å². The average Bonchev–Trinajstić information content (AvgIpc) is 2.29. The summed E-state index contributed by atoms with van der Waals surface area (Å²) in [6.45, 7) is 5.24. The maximum atomic E-state index is 11.6. The number of aliphatic carboxylic acids is 1. The summed E-state index contributed by atoms with van der Waals surface area (Å²) < 4.78 is 5.09. The van der Waals surface area contributed by atoms with E-state index in [-0.39, 0.29) is 17.9 Å². The molecule has 6 heteroatoms. The van der Waals surface area contributed by atoms with Crippen LogP contribution in [0.5, 0.6) is 5.75 Å². The third-order valence-corrected chi connectivity index (χ3v) is 2.55. The summed E-state index contributed by atoms with van der Waals surface area (Å²) in [6, 6.07) is 4.80. The second-order valence-corrected chi connectivity index (χ2v) is 5.73. The lowest BCUT2D eigenvalue weighted by Crippen LogP contribution is -2.27. The normalized spacial score (nSPS) is 11.0. The van der Waals surface area contributed by atoms with Crippen molar-refractivity contribution in [1.29, 1.82) is 0 Å². The summed E-state index contributed by atoms with van der Waals surface area (Å²) in [5.41, 5.74) is 0.450. The van der Waals surface area contributed by atoms with E-state index in [4.69, 9.17) is 9.84 Å². The zero-order chi connectivity index (χ0) is 16.0. The van der Waals surface area contributed by atoms with Gasteiger partial charge in [0.15, 0.2) is 0 Å². The Hall–Kier alpha value is -2.24. The molecule has 0 heterocycles. The fraction of sp³-hybridized carbons (Fsp3) is 0.467. The van der Waals surface area contributed by atoms with Crippen LogP contribution in [0.3, 0.4) is 0 Å². The number of carbonyl (C=O) groups excluding carboxylic acids is 1. The molecule has 1 aromatic rings. The van der Waals surface area contributed by atoms with Crippen molar-refractivity contribution in [3.8, 4) is 5.75 Å². The summed E-state index contributed by atoms with van der Waals surface area (Å²) in [5.74, 6) is -0.920. The fourth-order valence-corrected chi connectivity index (χ4v) is 1.70. The molecule has 0 aliphatic carbocycles. The van der Waals surface area contributed by atoms with Gasteiger partial charge in [0.25, 0.3) is 0 Å². The largest absolute Gasteiger partial charge is 0.506 e. The quantitative estimate of drug-likeness (QED) is 0.725. The van der Waals surface area contributed by atoms with E-state index in [1.807, 2.05) is 0 Å². The van der Waals surface area contributed by atoms with E-state index in [1.165, 1.54) is 6.07 Å². The highest BCUT2D eigenvalue weighted by atomic mass is 16.6. The number of anilines is 1. The Balaban J connectivity index is 2.61. The molecule has 3 N–H and O–H groups in total. The van der Waals surface area contributed by atoms with Crippen molar-refractivity contribution in [1.82, 2.24) is 0 Å². The van der Waals surface area contributed by atoms with Gasteiger partial charge in [-0.3, -0.25) is 10.1 Å². The smallest absolute Gasteiger partial charge is 0.412 e. The highest BCUT2D eigenvalue weighted by Crippen LogP contribution is 2.25. The number of carbonyl (C=O) groups is 2. The second kappa shape index (κ2) is 6.97. The van der Waals surface area contributed by atoms with E-state index in [9.17, 15) is 14.7 Å². The highest BCUT2D eigenvalue weighted by Gasteiger charge is 2.17. The molecule has 1 rings (SSSR count). The van der Waals surface area contributed by atoms with Gasteiger partial charge < -0.3 is 14.9 Å². The SMILES string of the molecule is CC(C)(C)OC(=O)Nc1ccc(CCCC(=O)O)cc1O. The molecule has 0 fully saturated rings. The van der Waals surface area contributed by atoms with Crippen molar-refractivity contribution in [3.63, 3.8) is 0 Å². The molecule has 0 saturated carbocycles. The van der Waals surface area contributed by atoms with Crippen molar-refractivity contribution in [2.45, 2.75) is 45.6 Å². The van der Waals surface area contributed by atoms with Crippen LogP contribution in [0, 0.1) is 0 Å². The Morgan fingerprint density at radius 3 is 2.48 bits per heavy atom. The molecule has 1 amide bonds. The van der Waals surface area contributed by atoms with Gasteiger partial charge in [0.1, 0.15) is 11.4 Å². The number of hydrogen-bond acceptors (Lipinski definition) is 4. The fourth-order valence-electron chi connectivity index (χ4n) is 1.70. The first-order chi connectivity index (χ1) is 9.67. The number of phenols is 1. The van der Waals surface area contributed by atoms with Crippen LogP contribution in [0.15, 0.2) is 18.2 Å². The Bertz CT molecular complexity index is 519. The van der Waals surface area contributed by atoms with Gasteiger partial charge in [-0.1, -0.05) is 6.07 Å². The number of benzene rings is 1. The van der Waals surface area contributed by atoms with Crippen LogP contribution >= 0.6 is 0 Å². The molecule has 0 unspecified atom stereocenters. The highest BCUT2D eigenvalue weighted by molar-refractivity contribution is 5.86. The lowest BCUT2D eigenvalue weighted by molar-refractivity contribution is -0.137. The molecule has 0 aromatic heterocycles. The number of phenolic OH excluding ortho intramolecular Hbond substituents is 1. The minimum absolute atomic E-state index is 0.0753. The molecule has 116 valence electrons. The van der Waals surface area contributed by atoms with Gasteiger partial charge in [-0.25, -0.2) is 4.79 Å². The summed E-state index contributed by atoms with van der Waals surface area (Å²) in [6.07, 6.45) is 0.482. The molecule has 0 aliphatic rings. The standard InChI is InChI=1S/C15H21NO5/c1-15(2,3)21-14(20)16-11-8-7-10(9-12(11)17)5-4-6-13(18)19/h7-9,17H,4-6H2,1-3H3,(H,16,20)(H,18,19). The summed E-state index contributed by atoms with van der Waals surface area (Å²) in [7, 11) is 0. The Kier molecular flexibility index (Phi) is 5.58. The number of carboxylic acids is 1. The minimum Gasteiger partial charge on any atom is -0.506 e. The molecular formula is C15H21NO5. The number of amides is 1. The van der Waals surface area contributed by atoms with Gasteiger partial charge in [-0.2, -0.15) is 0 Å². The molecule has 0 atom stereocenters. The van der Waals surface area contributed by atoms with Gasteiger partial charge in [-0.15, -0.1) is 0 Å².